The monoisotopic (exact) mass is 802 g/mol. The van der Waals surface area contributed by atoms with E-state index in [1.807, 2.05) is 26.8 Å². The Balaban J connectivity index is 1.78. The van der Waals surface area contributed by atoms with Crippen LogP contribution in [0.2, 0.25) is 0 Å². The van der Waals surface area contributed by atoms with Crippen molar-refractivity contribution in [3.8, 4) is 0 Å². The lowest BCUT2D eigenvalue weighted by Crippen LogP contribution is -2.64. The number of allylic oxidation sites excluding steroid dienone is 5. The third-order valence-corrected chi connectivity index (χ3v) is 13.4. The van der Waals surface area contributed by atoms with Crippen LogP contribution >= 0.6 is 0 Å². The molecule has 3 fully saturated rings. The van der Waals surface area contributed by atoms with E-state index in [2.05, 4.69) is 19.6 Å². The fourth-order valence-electron chi connectivity index (χ4n) is 9.91. The summed E-state index contributed by atoms with van der Waals surface area (Å²) in [6.45, 7) is 13.5. The van der Waals surface area contributed by atoms with Crippen molar-refractivity contribution >= 4 is 23.3 Å². The molecule has 1 amide bonds. The van der Waals surface area contributed by atoms with Crippen LogP contribution in [0.15, 0.2) is 36.0 Å². The van der Waals surface area contributed by atoms with Crippen LogP contribution in [-0.2, 0) is 38.1 Å². The number of fused-ring (bicyclic) bond motifs is 3. The molecule has 1 saturated carbocycles. The van der Waals surface area contributed by atoms with E-state index in [-0.39, 0.29) is 55.3 Å². The van der Waals surface area contributed by atoms with E-state index in [4.69, 9.17) is 18.9 Å². The van der Waals surface area contributed by atoms with Gasteiger partial charge in [0.15, 0.2) is 5.78 Å². The van der Waals surface area contributed by atoms with Gasteiger partial charge in [0.25, 0.3) is 11.7 Å². The van der Waals surface area contributed by atoms with E-state index in [0.717, 1.165) is 17.6 Å². The van der Waals surface area contributed by atoms with Crippen molar-refractivity contribution < 1.29 is 53.4 Å². The number of carbonyl (C=O) groups is 4. The Kier molecular flexibility index (Phi) is 17.4. The summed E-state index contributed by atoms with van der Waals surface area (Å²) in [7, 11) is 4.66. The first-order chi connectivity index (χ1) is 27.0. The maximum absolute atomic E-state index is 14.5. The third-order valence-electron chi connectivity index (χ3n) is 13.4. The quantitative estimate of drug-likeness (QED) is 0.226. The molecular weight excluding hydrogens is 730 g/mol. The zero-order chi connectivity index (χ0) is 42.2. The van der Waals surface area contributed by atoms with Crippen molar-refractivity contribution in [2.75, 3.05) is 27.9 Å². The maximum atomic E-state index is 14.5. The number of nitrogens with zero attached hydrogens (tertiary/aromatic N) is 1. The number of rotatable bonds is 7. The highest BCUT2D eigenvalue weighted by Gasteiger charge is 2.56. The number of aliphatic hydroxyl groups excluding tert-OH is 2. The van der Waals surface area contributed by atoms with E-state index in [1.54, 1.807) is 27.2 Å². The molecule has 0 aromatic heterocycles. The highest BCUT2D eigenvalue weighted by Crippen LogP contribution is 2.40. The van der Waals surface area contributed by atoms with Crippen LogP contribution in [0.25, 0.3) is 0 Å². The molecule has 12 heteroatoms. The Bertz CT molecular complexity index is 1480. The predicted octanol–water partition coefficient (Wildman–Crippen LogP) is 5.30. The predicted molar refractivity (Wildman–Crippen MR) is 216 cm³/mol. The van der Waals surface area contributed by atoms with E-state index in [9.17, 15) is 34.5 Å². The molecule has 0 spiro atoms. The summed E-state index contributed by atoms with van der Waals surface area (Å²) in [6.07, 6.45) is 6.92. The Morgan fingerprint density at radius 3 is 2.21 bits per heavy atom. The van der Waals surface area contributed by atoms with Gasteiger partial charge >= 0.3 is 0 Å². The first-order valence-corrected chi connectivity index (χ1v) is 21.2. The summed E-state index contributed by atoms with van der Waals surface area (Å²) >= 11 is 0. The maximum Gasteiger partial charge on any atom is 0.296 e. The second-order valence-electron chi connectivity index (χ2n) is 17.7. The number of piperidine rings is 1. The van der Waals surface area contributed by atoms with Crippen LogP contribution in [0.1, 0.15) is 112 Å². The van der Waals surface area contributed by atoms with Gasteiger partial charge in [-0.05, 0) is 102 Å². The van der Waals surface area contributed by atoms with Crippen LogP contribution in [-0.4, -0.2) is 120 Å². The summed E-state index contributed by atoms with van der Waals surface area (Å²) < 4.78 is 23.6. The van der Waals surface area contributed by atoms with Gasteiger partial charge in [-0.25, -0.2) is 0 Å². The van der Waals surface area contributed by atoms with Crippen LogP contribution in [0.3, 0.4) is 0 Å². The number of ketones is 3. The van der Waals surface area contributed by atoms with Crippen molar-refractivity contribution in [3.05, 3.63) is 36.0 Å². The molecule has 0 aromatic carbocycles. The van der Waals surface area contributed by atoms with Crippen LogP contribution in [0.5, 0.6) is 0 Å². The number of amides is 1. The minimum atomic E-state index is -2.47. The highest BCUT2D eigenvalue weighted by atomic mass is 16.7. The van der Waals surface area contributed by atoms with Gasteiger partial charge < -0.3 is 39.2 Å². The smallest absolute Gasteiger partial charge is 0.296 e. The molecule has 2 bridgehead atoms. The lowest BCUT2D eigenvalue weighted by molar-refractivity contribution is -0.302. The Morgan fingerprint density at radius 1 is 0.895 bits per heavy atom. The molecule has 3 heterocycles. The Hall–Kier alpha value is -2.58. The molecule has 322 valence electrons. The number of hydrogen-bond donors (Lipinski definition) is 3. The molecule has 0 radical (unpaired) electrons. The second kappa shape index (κ2) is 21.1. The molecule has 4 rings (SSSR count). The SMILES string of the molecule is C=CC[C@@H]1/C=C(\C)C[C@H](C)C[C@H](OC)[C@H]2O[C@@](O)(C(=O)C(=O)N3CCCC[C@H]3C(=O)C[C@H](/C(C)=C/[C@@H]3CC[C@@H](O)[C@H](OC)C3)[C@H](C)[C@@H](O)CC1=O)[C@H](C)C[C@@H]2OC. The molecule has 14 atom stereocenters. The molecule has 12 nitrogen and oxygen atoms in total. The standard InChI is InChI=1S/C45H71NO11/c1-10-13-32-19-26(2)18-27(3)20-40(55-8)42-41(56-9)22-29(5)45(53,57-42)43(51)44(52)46-17-12-11-14-34(46)38(50)24-33(30(6)36(48)25-37(32)49)28(4)21-31-15-16-35(47)39(23-31)54-7/h10,19,21,27,29-36,39-42,47-48,53H,1,11-18,20,22-25H2,2-9H3/b26-19+,28-21+/t27-,29+,30-,31-,32+,33+,34-,35+,36-,39+,40-,41-,42+,45+/m0/s1. The molecule has 1 aliphatic carbocycles. The van der Waals surface area contributed by atoms with Gasteiger partial charge in [-0.3, -0.25) is 19.2 Å². The second-order valence-corrected chi connectivity index (χ2v) is 17.7. The van der Waals surface area contributed by atoms with E-state index in [0.29, 0.717) is 51.4 Å². The number of Topliss-reactive ketones (excluding diaryl/α,β-unsaturated/α-hetero) is 3. The minimum absolute atomic E-state index is 0.0264. The van der Waals surface area contributed by atoms with Crippen LogP contribution in [0.4, 0.5) is 0 Å². The summed E-state index contributed by atoms with van der Waals surface area (Å²) in [5, 5.41) is 34.3. The number of aliphatic hydroxyl groups is 3. The molecule has 4 aliphatic rings. The van der Waals surface area contributed by atoms with Gasteiger partial charge in [0.1, 0.15) is 11.9 Å². The fraction of sp³-hybridized carbons (Fsp3) is 0.778. The Morgan fingerprint density at radius 2 is 1.56 bits per heavy atom. The topological polar surface area (TPSA) is 169 Å². The third kappa shape index (κ3) is 11.4. The van der Waals surface area contributed by atoms with E-state index >= 15 is 0 Å². The van der Waals surface area contributed by atoms with E-state index in [1.165, 1.54) is 12.0 Å². The average Bonchev–Trinajstić information content (AvgIpc) is 3.18. The van der Waals surface area contributed by atoms with Crippen LogP contribution in [0, 0.1) is 35.5 Å². The molecule has 0 unspecified atom stereocenters. The highest BCUT2D eigenvalue weighted by molar-refractivity contribution is 6.39. The summed E-state index contributed by atoms with van der Waals surface area (Å²) in [5.74, 6) is -7.13. The molecule has 2 saturated heterocycles. The summed E-state index contributed by atoms with van der Waals surface area (Å²) in [6, 6.07) is -0.920. The average molecular weight is 802 g/mol. The van der Waals surface area contributed by atoms with Crippen molar-refractivity contribution in [1.82, 2.24) is 4.90 Å². The normalized spacial score (nSPS) is 41.1. The molecule has 57 heavy (non-hydrogen) atoms. The van der Waals surface area contributed by atoms with Gasteiger partial charge in [-0.1, -0.05) is 50.1 Å². The van der Waals surface area contributed by atoms with Gasteiger partial charge in [-0.15, -0.1) is 6.58 Å². The van der Waals surface area contributed by atoms with Gasteiger partial charge in [0, 0.05) is 52.6 Å². The molecule has 3 aliphatic heterocycles. The molecular formula is C45H71NO11. The minimum Gasteiger partial charge on any atom is -0.392 e. The molecule has 0 aromatic rings. The van der Waals surface area contributed by atoms with Crippen molar-refractivity contribution in [2.45, 2.75) is 160 Å². The first-order valence-electron chi connectivity index (χ1n) is 21.2. The lowest BCUT2D eigenvalue weighted by atomic mass is 9.75. The van der Waals surface area contributed by atoms with Gasteiger partial charge in [0.2, 0.25) is 5.79 Å². The summed E-state index contributed by atoms with van der Waals surface area (Å²) in [5.41, 5.74) is 1.86. The van der Waals surface area contributed by atoms with Gasteiger partial charge in [-0.2, -0.15) is 0 Å². The van der Waals surface area contributed by atoms with Crippen LogP contribution < -0.4 is 0 Å². The lowest BCUT2D eigenvalue weighted by Gasteiger charge is -2.47. The zero-order valence-corrected chi connectivity index (χ0v) is 35.7. The van der Waals surface area contributed by atoms with Gasteiger partial charge in [0.05, 0.1) is 36.6 Å². The Labute approximate surface area is 340 Å². The molecule has 3 N–H and O–H groups in total. The number of methoxy groups -OCH3 is 3. The fourth-order valence-corrected chi connectivity index (χ4v) is 9.91. The largest absolute Gasteiger partial charge is 0.392 e. The van der Waals surface area contributed by atoms with Crippen molar-refractivity contribution in [2.24, 2.45) is 35.5 Å². The number of ether oxygens (including phenoxy) is 4. The number of carbonyl (C=O) groups excluding carboxylic acids is 4. The number of hydrogen-bond acceptors (Lipinski definition) is 11. The summed E-state index contributed by atoms with van der Waals surface area (Å²) in [4.78, 5) is 58.3. The first kappa shape index (κ1) is 47.1. The van der Waals surface area contributed by atoms with Crippen molar-refractivity contribution in [1.29, 1.82) is 0 Å². The van der Waals surface area contributed by atoms with E-state index < -0.39 is 77.7 Å². The van der Waals surface area contributed by atoms with Crippen molar-refractivity contribution in [3.63, 3.8) is 0 Å². The zero-order valence-electron chi connectivity index (χ0n) is 35.7.